The van der Waals surface area contributed by atoms with Gasteiger partial charge in [-0.05, 0) is 47.9 Å². The molecule has 1 aliphatic carbocycles. The summed E-state index contributed by atoms with van der Waals surface area (Å²) in [4.78, 5) is 0.326. The molecule has 1 aliphatic rings. The predicted molar refractivity (Wildman–Crippen MR) is 85.6 cm³/mol. The zero-order valence-corrected chi connectivity index (χ0v) is 14.5. The first-order valence-electron chi connectivity index (χ1n) is 7.25. The second-order valence-electron chi connectivity index (χ2n) is 7.50. The Morgan fingerprint density at radius 2 is 1.43 bits per heavy atom. The molecule has 3 N–H and O–H groups in total. The summed E-state index contributed by atoms with van der Waals surface area (Å²) in [5.74, 6) is 0. The third-order valence-corrected chi connectivity index (χ3v) is 6.27. The fourth-order valence-electron chi connectivity index (χ4n) is 3.80. The normalized spacial score (nSPS) is 27.2. The molecule has 21 heavy (non-hydrogen) atoms. The number of nitrogens with two attached hydrogens (primary N) is 1. The quantitative estimate of drug-likeness (QED) is 0.900. The van der Waals surface area contributed by atoms with Gasteiger partial charge in [-0.25, -0.2) is 13.1 Å². The van der Waals surface area contributed by atoms with Crippen LogP contribution in [0, 0.1) is 24.7 Å². The van der Waals surface area contributed by atoms with Gasteiger partial charge in [0.25, 0.3) is 0 Å². The molecule has 0 spiro atoms. The van der Waals surface area contributed by atoms with Crippen LogP contribution in [0.1, 0.15) is 38.8 Å². The van der Waals surface area contributed by atoms with Crippen molar-refractivity contribution >= 4 is 10.0 Å². The molecule has 0 bridgehead atoms. The van der Waals surface area contributed by atoms with Gasteiger partial charge in [0.15, 0.2) is 0 Å². The molecule has 0 unspecified atom stereocenters. The molecule has 2 rings (SSSR count). The minimum Gasteiger partial charge on any atom is -0.327 e. The standard InChI is InChI=1S/C16H26N2O2S/c1-10-7-11(2)9-12(8-10)21(19,20)18-14-15(3,4)13(17)16(14,5)6/h7-9,13-14,18H,17H2,1-6H3. The average Bonchev–Trinajstić information content (AvgIpc) is 2.33. The number of benzene rings is 1. The van der Waals surface area contributed by atoms with E-state index in [1.165, 1.54) is 0 Å². The molecule has 0 saturated heterocycles. The van der Waals surface area contributed by atoms with E-state index in [1.54, 1.807) is 12.1 Å². The van der Waals surface area contributed by atoms with Crippen LogP contribution < -0.4 is 10.5 Å². The van der Waals surface area contributed by atoms with Crippen molar-refractivity contribution in [2.45, 2.75) is 58.5 Å². The molecule has 118 valence electrons. The van der Waals surface area contributed by atoms with E-state index in [4.69, 9.17) is 5.73 Å². The van der Waals surface area contributed by atoms with Gasteiger partial charge in [-0.1, -0.05) is 33.8 Å². The Morgan fingerprint density at radius 3 is 1.86 bits per heavy atom. The maximum absolute atomic E-state index is 12.7. The lowest BCUT2D eigenvalue weighted by molar-refractivity contribution is -0.0593. The van der Waals surface area contributed by atoms with Gasteiger partial charge in [0.05, 0.1) is 4.90 Å². The van der Waals surface area contributed by atoms with Crippen molar-refractivity contribution in [1.82, 2.24) is 4.72 Å². The van der Waals surface area contributed by atoms with Crippen LogP contribution in [0.2, 0.25) is 0 Å². The van der Waals surface area contributed by atoms with Gasteiger partial charge in [0, 0.05) is 12.1 Å². The maximum Gasteiger partial charge on any atom is 0.240 e. The van der Waals surface area contributed by atoms with Gasteiger partial charge in [0.1, 0.15) is 0 Å². The van der Waals surface area contributed by atoms with Crippen molar-refractivity contribution in [3.8, 4) is 0 Å². The van der Waals surface area contributed by atoms with Gasteiger partial charge >= 0.3 is 0 Å². The van der Waals surface area contributed by atoms with Crippen LogP contribution in [0.4, 0.5) is 0 Å². The minimum atomic E-state index is -3.54. The van der Waals surface area contributed by atoms with Gasteiger partial charge in [-0.15, -0.1) is 0 Å². The fourth-order valence-corrected chi connectivity index (χ4v) is 5.53. The molecule has 0 aromatic heterocycles. The summed E-state index contributed by atoms with van der Waals surface area (Å²) < 4.78 is 28.2. The SMILES string of the molecule is Cc1cc(C)cc(S(=O)(=O)NC2C(C)(C)C(N)C2(C)C)c1. The van der Waals surface area contributed by atoms with Crippen LogP contribution in [-0.4, -0.2) is 20.5 Å². The summed E-state index contributed by atoms with van der Waals surface area (Å²) in [6.45, 7) is 11.8. The number of aryl methyl sites for hydroxylation is 2. The smallest absolute Gasteiger partial charge is 0.240 e. The fraction of sp³-hybridized carbons (Fsp3) is 0.625. The molecule has 0 amide bonds. The van der Waals surface area contributed by atoms with Gasteiger partial charge in [-0.3, -0.25) is 0 Å². The van der Waals surface area contributed by atoms with Gasteiger partial charge in [0.2, 0.25) is 10.0 Å². The monoisotopic (exact) mass is 310 g/mol. The highest BCUT2D eigenvalue weighted by atomic mass is 32.2. The van der Waals surface area contributed by atoms with Crippen LogP contribution in [0.5, 0.6) is 0 Å². The first-order chi connectivity index (χ1) is 9.39. The first-order valence-corrected chi connectivity index (χ1v) is 8.73. The van der Waals surface area contributed by atoms with E-state index in [0.717, 1.165) is 11.1 Å². The lowest BCUT2D eigenvalue weighted by Gasteiger charge is -2.62. The van der Waals surface area contributed by atoms with Crippen LogP contribution in [0.15, 0.2) is 23.1 Å². The number of hydrogen-bond acceptors (Lipinski definition) is 3. The molecule has 0 heterocycles. The van der Waals surface area contributed by atoms with Crippen molar-refractivity contribution in [3.05, 3.63) is 29.3 Å². The van der Waals surface area contributed by atoms with Crippen molar-refractivity contribution < 1.29 is 8.42 Å². The maximum atomic E-state index is 12.7. The Bertz CT molecular complexity index is 627. The van der Waals surface area contributed by atoms with Crippen LogP contribution in [0.3, 0.4) is 0 Å². The zero-order valence-electron chi connectivity index (χ0n) is 13.7. The van der Waals surface area contributed by atoms with Crippen molar-refractivity contribution in [3.63, 3.8) is 0 Å². The van der Waals surface area contributed by atoms with E-state index in [0.29, 0.717) is 4.90 Å². The zero-order chi connectivity index (χ0) is 16.2. The van der Waals surface area contributed by atoms with E-state index in [1.807, 2.05) is 47.6 Å². The summed E-state index contributed by atoms with van der Waals surface area (Å²) in [5.41, 5.74) is 7.57. The largest absolute Gasteiger partial charge is 0.327 e. The van der Waals surface area contributed by atoms with E-state index in [9.17, 15) is 8.42 Å². The number of hydrogen-bond donors (Lipinski definition) is 2. The molecular formula is C16H26N2O2S. The lowest BCUT2D eigenvalue weighted by atomic mass is 9.49. The minimum absolute atomic E-state index is 0.0306. The molecule has 0 radical (unpaired) electrons. The highest BCUT2D eigenvalue weighted by Gasteiger charge is 2.61. The Hall–Kier alpha value is -0.910. The van der Waals surface area contributed by atoms with E-state index >= 15 is 0 Å². The third-order valence-electron chi connectivity index (χ3n) is 4.87. The second-order valence-corrected chi connectivity index (χ2v) is 9.21. The highest BCUT2D eigenvalue weighted by molar-refractivity contribution is 7.89. The molecule has 1 fully saturated rings. The van der Waals surface area contributed by atoms with E-state index in [2.05, 4.69) is 4.72 Å². The molecular weight excluding hydrogens is 284 g/mol. The molecule has 4 nitrogen and oxygen atoms in total. The van der Waals surface area contributed by atoms with Crippen LogP contribution >= 0.6 is 0 Å². The molecule has 1 aromatic rings. The third kappa shape index (κ3) is 2.62. The summed E-state index contributed by atoms with van der Waals surface area (Å²) in [5, 5.41) is 0. The molecule has 1 saturated carbocycles. The summed E-state index contributed by atoms with van der Waals surface area (Å²) in [6, 6.07) is 5.16. The van der Waals surface area contributed by atoms with Crippen molar-refractivity contribution in [2.75, 3.05) is 0 Å². The van der Waals surface area contributed by atoms with E-state index in [-0.39, 0.29) is 22.9 Å². The van der Waals surface area contributed by atoms with E-state index < -0.39 is 10.0 Å². The number of sulfonamides is 1. The molecule has 0 aliphatic heterocycles. The first kappa shape index (κ1) is 16.5. The summed E-state index contributed by atoms with van der Waals surface area (Å²) in [7, 11) is -3.54. The average molecular weight is 310 g/mol. The van der Waals surface area contributed by atoms with Crippen molar-refractivity contribution in [2.24, 2.45) is 16.6 Å². The number of rotatable bonds is 3. The molecule has 1 aromatic carbocycles. The Balaban J connectivity index is 2.34. The molecule has 5 heteroatoms. The second kappa shape index (κ2) is 4.80. The van der Waals surface area contributed by atoms with Crippen LogP contribution in [-0.2, 0) is 10.0 Å². The Kier molecular flexibility index (Phi) is 3.76. The highest BCUT2D eigenvalue weighted by Crippen LogP contribution is 2.52. The van der Waals surface area contributed by atoms with Gasteiger partial charge in [-0.2, -0.15) is 0 Å². The topological polar surface area (TPSA) is 72.2 Å². The van der Waals surface area contributed by atoms with Crippen LogP contribution in [0.25, 0.3) is 0 Å². The number of nitrogens with one attached hydrogen (secondary N) is 1. The summed E-state index contributed by atoms with van der Waals surface area (Å²) >= 11 is 0. The lowest BCUT2D eigenvalue weighted by Crippen LogP contribution is -2.75. The van der Waals surface area contributed by atoms with Crippen molar-refractivity contribution in [1.29, 1.82) is 0 Å². The molecule has 0 atom stereocenters. The Labute approximate surface area is 128 Å². The predicted octanol–water partition coefficient (Wildman–Crippen LogP) is 2.34. The van der Waals surface area contributed by atoms with Gasteiger partial charge < -0.3 is 5.73 Å². The summed E-state index contributed by atoms with van der Waals surface area (Å²) in [6.07, 6.45) is 0. The Morgan fingerprint density at radius 1 is 1.00 bits per heavy atom.